The van der Waals surface area contributed by atoms with Gasteiger partial charge < -0.3 is 4.42 Å². The number of benzene rings is 1. The lowest BCUT2D eigenvalue weighted by Crippen LogP contribution is -2.06. The van der Waals surface area contributed by atoms with Crippen molar-refractivity contribution in [3.63, 3.8) is 0 Å². The largest absolute Gasteiger partial charge is 0.462 e. The van der Waals surface area contributed by atoms with Crippen LogP contribution < -0.4 is 0 Å². The fourth-order valence-electron chi connectivity index (χ4n) is 2.13. The van der Waals surface area contributed by atoms with Crippen LogP contribution >= 0.6 is 11.3 Å². The van der Waals surface area contributed by atoms with Gasteiger partial charge in [0.2, 0.25) is 0 Å². The highest BCUT2D eigenvalue weighted by atomic mass is 32.2. The van der Waals surface area contributed by atoms with Gasteiger partial charge in [-0.2, -0.15) is 13.2 Å². The van der Waals surface area contributed by atoms with Crippen LogP contribution in [0.15, 0.2) is 52.5 Å². The number of alkyl halides is 3. The summed E-state index contributed by atoms with van der Waals surface area (Å²) < 4.78 is 55.5. The zero-order valence-corrected chi connectivity index (χ0v) is 13.9. The molecule has 0 N–H and O–H groups in total. The molecule has 8 heteroatoms. The molecule has 3 aromatic rings. The molecule has 0 bridgehead atoms. The molecule has 0 aliphatic carbocycles. The lowest BCUT2D eigenvalue weighted by molar-refractivity contribution is -0.137. The van der Waals surface area contributed by atoms with Crippen molar-refractivity contribution in [2.45, 2.75) is 17.7 Å². The van der Waals surface area contributed by atoms with Crippen LogP contribution in [0.4, 0.5) is 13.2 Å². The number of halogens is 3. The lowest BCUT2D eigenvalue weighted by atomic mass is 10.1. The maximum absolute atomic E-state index is 12.7. The molecule has 0 spiro atoms. The first-order valence-corrected chi connectivity index (χ1v) is 9.28. The Balaban J connectivity index is 1.66. The van der Waals surface area contributed by atoms with Crippen molar-refractivity contribution in [2.75, 3.05) is 0 Å². The quantitative estimate of drug-likeness (QED) is 0.643. The molecule has 0 amide bonds. The molecule has 2 aromatic heterocycles. The standard InChI is InChI=1S/C16H12F3NO2S2/c17-16(18,19)12-4-1-3-11(7-12)9-24(21)10-13-8-23-15(20-13)14-5-2-6-22-14/h1-8H,9-10H2. The zero-order valence-electron chi connectivity index (χ0n) is 12.2. The van der Waals surface area contributed by atoms with Gasteiger partial charge in [-0.1, -0.05) is 18.2 Å². The third kappa shape index (κ3) is 4.12. The highest BCUT2D eigenvalue weighted by Crippen LogP contribution is 2.30. The Hall–Kier alpha value is -1.93. The van der Waals surface area contributed by atoms with E-state index >= 15 is 0 Å². The number of hydrogen-bond donors (Lipinski definition) is 0. The van der Waals surface area contributed by atoms with Gasteiger partial charge in [0.15, 0.2) is 10.8 Å². The first kappa shape index (κ1) is 16.9. The molecule has 1 aromatic carbocycles. The second-order valence-electron chi connectivity index (χ2n) is 5.05. The fraction of sp³-hybridized carbons (Fsp3) is 0.188. The van der Waals surface area contributed by atoms with E-state index in [1.54, 1.807) is 29.8 Å². The summed E-state index contributed by atoms with van der Waals surface area (Å²) in [5, 5.41) is 2.47. The summed E-state index contributed by atoms with van der Waals surface area (Å²) in [6, 6.07) is 8.44. The van der Waals surface area contributed by atoms with Crippen LogP contribution in [0, 0.1) is 0 Å². The summed E-state index contributed by atoms with van der Waals surface area (Å²) in [6.45, 7) is 0. The molecule has 0 radical (unpaired) electrons. The smallest absolute Gasteiger partial charge is 0.416 e. The number of furan rings is 1. The van der Waals surface area contributed by atoms with E-state index in [1.807, 2.05) is 0 Å². The number of thiazole rings is 1. The summed E-state index contributed by atoms with van der Waals surface area (Å²) in [4.78, 5) is 4.34. The first-order valence-electron chi connectivity index (χ1n) is 6.91. The Labute approximate surface area is 142 Å². The van der Waals surface area contributed by atoms with Crippen LogP contribution in [0.2, 0.25) is 0 Å². The van der Waals surface area contributed by atoms with Crippen molar-refractivity contribution in [3.8, 4) is 10.8 Å². The van der Waals surface area contributed by atoms with Gasteiger partial charge in [-0.25, -0.2) is 4.98 Å². The van der Waals surface area contributed by atoms with Gasteiger partial charge in [0, 0.05) is 21.9 Å². The summed E-state index contributed by atoms with van der Waals surface area (Å²) in [7, 11) is -1.34. The Bertz CT molecular complexity index is 841. The van der Waals surface area contributed by atoms with Crippen LogP contribution in [0.25, 0.3) is 10.8 Å². The van der Waals surface area contributed by atoms with Gasteiger partial charge in [-0.3, -0.25) is 4.21 Å². The Morgan fingerprint density at radius 1 is 1.17 bits per heavy atom. The molecule has 3 nitrogen and oxygen atoms in total. The van der Waals surface area contributed by atoms with E-state index in [0.29, 0.717) is 22.0 Å². The second kappa shape index (κ2) is 6.90. The van der Waals surface area contributed by atoms with Gasteiger partial charge in [-0.15, -0.1) is 11.3 Å². The molecular weight excluding hydrogens is 359 g/mol. The van der Waals surface area contributed by atoms with Crippen LogP contribution in [0.1, 0.15) is 16.8 Å². The Kier molecular flexibility index (Phi) is 4.86. The van der Waals surface area contributed by atoms with Gasteiger partial charge >= 0.3 is 6.18 Å². The van der Waals surface area contributed by atoms with Crippen molar-refractivity contribution < 1.29 is 21.8 Å². The summed E-state index contributed by atoms with van der Waals surface area (Å²) in [5.41, 5.74) is 0.298. The minimum absolute atomic E-state index is 0.0531. The van der Waals surface area contributed by atoms with Crippen LogP contribution in [-0.4, -0.2) is 9.19 Å². The molecule has 126 valence electrons. The Morgan fingerprint density at radius 2 is 2.00 bits per heavy atom. The van der Waals surface area contributed by atoms with Crippen molar-refractivity contribution >= 4 is 22.1 Å². The van der Waals surface area contributed by atoms with E-state index < -0.39 is 22.5 Å². The molecule has 1 atom stereocenters. The van der Waals surface area contributed by atoms with Crippen molar-refractivity contribution in [3.05, 3.63) is 64.9 Å². The highest BCUT2D eigenvalue weighted by Gasteiger charge is 2.30. The summed E-state index contributed by atoms with van der Waals surface area (Å²) in [5.74, 6) is 0.875. The first-order chi connectivity index (χ1) is 11.4. The zero-order chi connectivity index (χ0) is 17.2. The van der Waals surface area contributed by atoms with Crippen LogP contribution in [-0.2, 0) is 28.5 Å². The number of hydrogen-bond acceptors (Lipinski definition) is 4. The fourth-order valence-corrected chi connectivity index (χ4v) is 4.15. The average Bonchev–Trinajstić information content (AvgIpc) is 3.17. The Morgan fingerprint density at radius 3 is 2.71 bits per heavy atom. The van der Waals surface area contributed by atoms with Crippen LogP contribution in [0.3, 0.4) is 0 Å². The predicted molar refractivity (Wildman–Crippen MR) is 86.8 cm³/mol. The molecule has 24 heavy (non-hydrogen) atoms. The van der Waals surface area contributed by atoms with Gasteiger partial charge in [-0.05, 0) is 23.8 Å². The van der Waals surface area contributed by atoms with E-state index in [2.05, 4.69) is 4.98 Å². The topological polar surface area (TPSA) is 43.1 Å². The van der Waals surface area contributed by atoms with E-state index in [9.17, 15) is 17.4 Å². The van der Waals surface area contributed by atoms with Crippen molar-refractivity contribution in [1.82, 2.24) is 4.98 Å². The van der Waals surface area contributed by atoms with Gasteiger partial charge in [0.25, 0.3) is 0 Å². The molecule has 0 saturated heterocycles. The molecule has 2 heterocycles. The normalized spacial score (nSPS) is 13.1. The molecular formula is C16H12F3NO2S2. The second-order valence-corrected chi connectivity index (χ2v) is 7.36. The third-order valence-corrected chi connectivity index (χ3v) is 5.35. The minimum atomic E-state index is -4.40. The van der Waals surface area contributed by atoms with E-state index in [-0.39, 0.29) is 11.5 Å². The number of nitrogens with zero attached hydrogens (tertiary/aromatic N) is 1. The molecule has 1 unspecified atom stereocenters. The maximum Gasteiger partial charge on any atom is 0.416 e. The van der Waals surface area contributed by atoms with Crippen molar-refractivity contribution in [2.24, 2.45) is 0 Å². The SMILES string of the molecule is O=S(Cc1cccc(C(F)(F)F)c1)Cc1csc(-c2ccco2)n1. The molecule has 0 aliphatic heterocycles. The van der Waals surface area contributed by atoms with E-state index in [4.69, 9.17) is 4.42 Å². The lowest BCUT2D eigenvalue weighted by Gasteiger charge is -2.08. The van der Waals surface area contributed by atoms with Gasteiger partial charge in [0.05, 0.1) is 23.3 Å². The monoisotopic (exact) mass is 371 g/mol. The third-order valence-electron chi connectivity index (χ3n) is 3.17. The highest BCUT2D eigenvalue weighted by molar-refractivity contribution is 7.83. The molecule has 0 aliphatic rings. The number of rotatable bonds is 5. The summed E-state index contributed by atoms with van der Waals surface area (Å²) >= 11 is 1.37. The average molecular weight is 371 g/mol. The minimum Gasteiger partial charge on any atom is -0.462 e. The summed E-state index contributed by atoms with van der Waals surface area (Å²) in [6.07, 6.45) is -2.85. The molecule has 0 fully saturated rings. The van der Waals surface area contributed by atoms with E-state index in [1.165, 1.54) is 17.4 Å². The maximum atomic E-state index is 12.7. The predicted octanol–water partition coefficient (Wildman–Crippen LogP) is 4.87. The molecule has 3 rings (SSSR count). The van der Waals surface area contributed by atoms with E-state index in [0.717, 1.165) is 12.1 Å². The van der Waals surface area contributed by atoms with Crippen LogP contribution in [0.5, 0.6) is 0 Å². The van der Waals surface area contributed by atoms with Gasteiger partial charge in [0.1, 0.15) is 0 Å². The number of aromatic nitrogens is 1. The van der Waals surface area contributed by atoms with Crippen molar-refractivity contribution in [1.29, 1.82) is 0 Å². The molecule has 0 saturated carbocycles.